The van der Waals surface area contributed by atoms with E-state index in [2.05, 4.69) is 10.6 Å². The van der Waals surface area contributed by atoms with Crippen LogP contribution in [-0.4, -0.2) is 38.3 Å². The SMILES string of the molecule is COCC1(CNC(=O)c2ccc(C)c(F)c2)CCCN1.Cl. The number of hydrogen-bond acceptors (Lipinski definition) is 3. The fraction of sp³-hybridized carbons (Fsp3) is 0.533. The van der Waals surface area contributed by atoms with Gasteiger partial charge in [0, 0.05) is 19.2 Å². The fourth-order valence-electron chi connectivity index (χ4n) is 2.56. The number of carbonyl (C=O) groups is 1. The molecule has 21 heavy (non-hydrogen) atoms. The lowest BCUT2D eigenvalue weighted by Gasteiger charge is -2.29. The number of hydrogen-bond donors (Lipinski definition) is 2. The molecular weight excluding hydrogens is 295 g/mol. The lowest BCUT2D eigenvalue weighted by Crippen LogP contribution is -2.53. The molecule has 0 radical (unpaired) electrons. The first-order valence-electron chi connectivity index (χ1n) is 6.85. The van der Waals surface area contributed by atoms with Gasteiger partial charge in [0.05, 0.1) is 12.1 Å². The van der Waals surface area contributed by atoms with E-state index < -0.39 is 0 Å². The summed E-state index contributed by atoms with van der Waals surface area (Å²) in [5.41, 5.74) is 0.682. The molecule has 1 saturated heterocycles. The maximum Gasteiger partial charge on any atom is 0.251 e. The standard InChI is InChI=1S/C15H21FN2O2.ClH/c1-11-4-5-12(8-13(11)16)14(19)17-9-15(10-20-2)6-3-7-18-15;/h4-5,8,18H,3,6-7,9-10H2,1-2H3,(H,17,19);1H. The van der Waals surface area contributed by atoms with E-state index in [9.17, 15) is 9.18 Å². The molecular formula is C15H22ClFN2O2. The Bertz CT molecular complexity index is 491. The number of aryl methyl sites for hydroxylation is 1. The summed E-state index contributed by atoms with van der Waals surface area (Å²) in [6.07, 6.45) is 2.03. The van der Waals surface area contributed by atoms with E-state index in [4.69, 9.17) is 4.74 Å². The summed E-state index contributed by atoms with van der Waals surface area (Å²) < 4.78 is 18.7. The van der Waals surface area contributed by atoms with E-state index in [0.29, 0.717) is 24.3 Å². The fourth-order valence-corrected chi connectivity index (χ4v) is 2.56. The molecule has 0 spiro atoms. The summed E-state index contributed by atoms with van der Waals surface area (Å²) in [6.45, 7) is 3.64. The number of halogens is 2. The molecule has 0 aliphatic carbocycles. The second kappa shape index (κ2) is 7.73. The molecule has 0 saturated carbocycles. The van der Waals surface area contributed by atoms with E-state index in [-0.39, 0.29) is 29.7 Å². The number of amides is 1. The van der Waals surface area contributed by atoms with Crippen molar-refractivity contribution in [1.82, 2.24) is 10.6 Å². The van der Waals surface area contributed by atoms with E-state index in [1.165, 1.54) is 6.07 Å². The molecule has 2 rings (SSSR count). The average Bonchev–Trinajstić information content (AvgIpc) is 2.89. The van der Waals surface area contributed by atoms with Crippen LogP contribution in [0, 0.1) is 12.7 Å². The highest BCUT2D eigenvalue weighted by atomic mass is 35.5. The van der Waals surface area contributed by atoms with Crippen molar-refractivity contribution in [2.75, 3.05) is 26.8 Å². The number of benzene rings is 1. The average molecular weight is 317 g/mol. The summed E-state index contributed by atoms with van der Waals surface area (Å²) in [4.78, 5) is 12.1. The van der Waals surface area contributed by atoms with Crippen LogP contribution < -0.4 is 10.6 Å². The highest BCUT2D eigenvalue weighted by Gasteiger charge is 2.33. The Morgan fingerprint density at radius 2 is 2.29 bits per heavy atom. The van der Waals surface area contributed by atoms with Crippen molar-refractivity contribution in [2.45, 2.75) is 25.3 Å². The van der Waals surface area contributed by atoms with Gasteiger partial charge in [-0.3, -0.25) is 4.79 Å². The van der Waals surface area contributed by atoms with Gasteiger partial charge in [0.2, 0.25) is 0 Å². The Morgan fingerprint density at radius 1 is 1.52 bits per heavy atom. The van der Waals surface area contributed by atoms with Gasteiger partial charge in [-0.15, -0.1) is 12.4 Å². The maximum absolute atomic E-state index is 13.5. The molecule has 2 N–H and O–H groups in total. The van der Waals surface area contributed by atoms with Gasteiger partial charge in [-0.1, -0.05) is 6.07 Å². The van der Waals surface area contributed by atoms with Crippen molar-refractivity contribution in [3.05, 3.63) is 35.1 Å². The molecule has 1 unspecified atom stereocenters. The van der Waals surface area contributed by atoms with Crippen molar-refractivity contribution in [3.63, 3.8) is 0 Å². The van der Waals surface area contributed by atoms with Crippen molar-refractivity contribution in [3.8, 4) is 0 Å². The van der Waals surface area contributed by atoms with Crippen molar-refractivity contribution in [1.29, 1.82) is 0 Å². The van der Waals surface area contributed by atoms with Gasteiger partial charge in [0.1, 0.15) is 5.82 Å². The van der Waals surface area contributed by atoms with E-state index in [1.54, 1.807) is 26.2 Å². The number of methoxy groups -OCH3 is 1. The van der Waals surface area contributed by atoms with E-state index in [1.807, 2.05) is 0 Å². The Morgan fingerprint density at radius 3 is 2.86 bits per heavy atom. The minimum absolute atomic E-state index is 0. The van der Waals surface area contributed by atoms with Crippen LogP contribution in [0.2, 0.25) is 0 Å². The van der Waals surface area contributed by atoms with Gasteiger partial charge in [-0.05, 0) is 44.0 Å². The summed E-state index contributed by atoms with van der Waals surface area (Å²) in [7, 11) is 1.65. The predicted octanol–water partition coefficient (Wildman–Crippen LogP) is 2.05. The number of nitrogens with one attached hydrogen (secondary N) is 2. The number of ether oxygens (including phenoxy) is 1. The van der Waals surface area contributed by atoms with Gasteiger partial charge in [0.25, 0.3) is 5.91 Å². The van der Waals surface area contributed by atoms with E-state index >= 15 is 0 Å². The minimum Gasteiger partial charge on any atom is -0.383 e. The predicted molar refractivity (Wildman–Crippen MR) is 82.6 cm³/mol. The smallest absolute Gasteiger partial charge is 0.251 e. The van der Waals surface area contributed by atoms with Crippen LogP contribution in [0.15, 0.2) is 18.2 Å². The largest absolute Gasteiger partial charge is 0.383 e. The first kappa shape index (κ1) is 17.9. The molecule has 1 atom stereocenters. The zero-order valence-electron chi connectivity index (χ0n) is 12.4. The van der Waals surface area contributed by atoms with Gasteiger partial charge < -0.3 is 15.4 Å². The first-order valence-corrected chi connectivity index (χ1v) is 6.85. The molecule has 1 fully saturated rings. The van der Waals surface area contributed by atoms with Crippen LogP contribution in [0.5, 0.6) is 0 Å². The second-order valence-electron chi connectivity index (χ2n) is 5.39. The first-order chi connectivity index (χ1) is 9.56. The minimum atomic E-state index is -0.358. The van der Waals surface area contributed by atoms with Crippen LogP contribution >= 0.6 is 12.4 Å². The van der Waals surface area contributed by atoms with Gasteiger partial charge in [0.15, 0.2) is 0 Å². The maximum atomic E-state index is 13.5. The number of rotatable bonds is 5. The molecule has 1 heterocycles. The van der Waals surface area contributed by atoms with Crippen LogP contribution in [0.4, 0.5) is 4.39 Å². The molecule has 6 heteroatoms. The zero-order chi connectivity index (χ0) is 14.6. The summed E-state index contributed by atoms with van der Waals surface area (Å²) in [5.74, 6) is -0.615. The quantitative estimate of drug-likeness (QED) is 0.874. The van der Waals surface area contributed by atoms with Crippen LogP contribution in [0.3, 0.4) is 0 Å². The highest BCUT2D eigenvalue weighted by molar-refractivity contribution is 5.94. The lowest BCUT2D eigenvalue weighted by molar-refractivity contribution is 0.0892. The molecule has 118 valence electrons. The third-order valence-electron chi connectivity index (χ3n) is 3.77. The molecule has 0 aromatic heterocycles. The Balaban J connectivity index is 0.00000220. The molecule has 0 bridgehead atoms. The molecule has 1 aliphatic heterocycles. The molecule has 1 aromatic rings. The van der Waals surface area contributed by atoms with Crippen LogP contribution in [0.1, 0.15) is 28.8 Å². The topological polar surface area (TPSA) is 50.4 Å². The Hall–Kier alpha value is -1.17. The molecule has 1 amide bonds. The normalized spacial score (nSPS) is 20.9. The van der Waals surface area contributed by atoms with Gasteiger partial charge in [-0.25, -0.2) is 4.39 Å². The Labute approximate surface area is 130 Å². The van der Waals surface area contributed by atoms with Crippen LogP contribution in [-0.2, 0) is 4.74 Å². The highest BCUT2D eigenvalue weighted by Crippen LogP contribution is 2.19. The van der Waals surface area contributed by atoms with Crippen molar-refractivity contribution < 1.29 is 13.9 Å². The van der Waals surface area contributed by atoms with Gasteiger partial charge in [-0.2, -0.15) is 0 Å². The summed E-state index contributed by atoms with van der Waals surface area (Å²) in [5, 5.41) is 6.25. The van der Waals surface area contributed by atoms with Crippen molar-refractivity contribution in [2.24, 2.45) is 0 Å². The summed E-state index contributed by atoms with van der Waals surface area (Å²) >= 11 is 0. The van der Waals surface area contributed by atoms with Crippen molar-refractivity contribution >= 4 is 18.3 Å². The third kappa shape index (κ3) is 4.40. The molecule has 1 aromatic carbocycles. The number of carbonyl (C=O) groups excluding carboxylic acids is 1. The zero-order valence-corrected chi connectivity index (χ0v) is 13.2. The Kier molecular flexibility index (Phi) is 6.58. The van der Waals surface area contributed by atoms with Gasteiger partial charge >= 0.3 is 0 Å². The lowest BCUT2D eigenvalue weighted by atomic mass is 9.98. The third-order valence-corrected chi connectivity index (χ3v) is 3.77. The summed E-state index contributed by atoms with van der Waals surface area (Å²) in [6, 6.07) is 4.53. The second-order valence-corrected chi connectivity index (χ2v) is 5.39. The molecule has 4 nitrogen and oxygen atoms in total. The molecule has 1 aliphatic rings. The van der Waals surface area contributed by atoms with Crippen LogP contribution in [0.25, 0.3) is 0 Å². The monoisotopic (exact) mass is 316 g/mol. The van der Waals surface area contributed by atoms with E-state index in [0.717, 1.165) is 19.4 Å².